The molecule has 15 heavy (non-hydrogen) atoms. The molecule has 10 heteroatoms. The van der Waals surface area contributed by atoms with Crippen molar-refractivity contribution in [3.05, 3.63) is 0 Å². The molecule has 0 aliphatic heterocycles. The van der Waals surface area contributed by atoms with E-state index in [1.807, 2.05) is 0 Å². The molecule has 0 unspecified atom stereocenters. The van der Waals surface area contributed by atoms with Crippen molar-refractivity contribution in [3.63, 3.8) is 0 Å². The standard InChI is InChI=1S/C5H7F3O5S.Li.H/c1-2-3-12-4(9)13-14(10,11)5(6,7)8;;/h2-3H2,1H3;;. The van der Waals surface area contributed by atoms with Gasteiger partial charge in [0, 0.05) is 0 Å². The van der Waals surface area contributed by atoms with Gasteiger partial charge in [-0.05, 0) is 6.42 Å². The third-order valence-electron chi connectivity index (χ3n) is 0.885. The van der Waals surface area contributed by atoms with Gasteiger partial charge in [0.05, 0.1) is 6.61 Å². The molecule has 0 aromatic heterocycles. The first-order valence-electron chi connectivity index (χ1n) is 3.38. The zero-order valence-electron chi connectivity index (χ0n) is 7.00. The number of carbonyl (C=O) groups is 1. The molecule has 0 amide bonds. The second-order valence-electron chi connectivity index (χ2n) is 2.08. The molecule has 0 aromatic carbocycles. The first-order chi connectivity index (χ1) is 6.20. The van der Waals surface area contributed by atoms with Crippen LogP contribution in [0.5, 0.6) is 0 Å². The van der Waals surface area contributed by atoms with E-state index in [4.69, 9.17) is 0 Å². The molecular weight excluding hydrogens is 236 g/mol. The molecule has 0 heterocycles. The molecule has 0 aliphatic rings. The Morgan fingerprint density at radius 2 is 1.80 bits per heavy atom. The molecule has 0 N–H and O–H groups in total. The van der Waals surface area contributed by atoms with Gasteiger partial charge >= 0.3 is 40.6 Å². The number of hydrogen-bond donors (Lipinski definition) is 0. The molecule has 0 fully saturated rings. The molecule has 5 nitrogen and oxygen atoms in total. The van der Waals surface area contributed by atoms with E-state index < -0.39 is 21.8 Å². The van der Waals surface area contributed by atoms with E-state index in [9.17, 15) is 26.4 Å². The van der Waals surface area contributed by atoms with Crippen molar-refractivity contribution in [1.29, 1.82) is 0 Å². The van der Waals surface area contributed by atoms with Crippen molar-refractivity contribution in [1.82, 2.24) is 0 Å². The number of rotatable bonds is 3. The molecule has 86 valence electrons. The van der Waals surface area contributed by atoms with Crippen molar-refractivity contribution >= 4 is 35.1 Å². The van der Waals surface area contributed by atoms with E-state index in [-0.39, 0.29) is 25.5 Å². The van der Waals surface area contributed by atoms with Crippen LogP contribution in [0.2, 0.25) is 0 Å². The van der Waals surface area contributed by atoms with Crippen molar-refractivity contribution in [2.24, 2.45) is 0 Å². The Balaban J connectivity index is 0. The predicted molar refractivity (Wildman–Crippen MR) is 44.8 cm³/mol. The Morgan fingerprint density at radius 1 is 1.33 bits per heavy atom. The van der Waals surface area contributed by atoms with Crippen molar-refractivity contribution in [2.75, 3.05) is 6.61 Å². The summed E-state index contributed by atoms with van der Waals surface area (Å²) in [5, 5.41) is 0. The van der Waals surface area contributed by atoms with Crippen LogP contribution < -0.4 is 0 Å². The number of ether oxygens (including phenoxy) is 1. The summed E-state index contributed by atoms with van der Waals surface area (Å²) in [6.45, 7) is 1.36. The second-order valence-corrected chi connectivity index (χ2v) is 3.62. The predicted octanol–water partition coefficient (Wildman–Crippen LogP) is 0.751. The van der Waals surface area contributed by atoms with E-state index in [1.54, 1.807) is 6.92 Å². The van der Waals surface area contributed by atoms with Gasteiger partial charge in [0.25, 0.3) is 0 Å². The fraction of sp³-hybridized carbons (Fsp3) is 0.800. The average Bonchev–Trinajstić information content (AvgIpc) is 1.97. The quantitative estimate of drug-likeness (QED) is 0.317. The topological polar surface area (TPSA) is 69.7 Å². The molecular formula is C5H8F3LiO5S. The van der Waals surface area contributed by atoms with Crippen LogP contribution in [0.3, 0.4) is 0 Å². The Morgan fingerprint density at radius 3 is 2.13 bits per heavy atom. The van der Waals surface area contributed by atoms with Gasteiger partial charge < -0.3 is 8.92 Å². The van der Waals surface area contributed by atoms with Gasteiger partial charge in [-0.25, -0.2) is 4.79 Å². The Labute approximate surface area is 96.2 Å². The van der Waals surface area contributed by atoms with Crippen LogP contribution in [0, 0.1) is 0 Å². The summed E-state index contributed by atoms with van der Waals surface area (Å²) < 4.78 is 62.2. The van der Waals surface area contributed by atoms with Gasteiger partial charge in [-0.3, -0.25) is 0 Å². The Hall–Kier alpha value is -0.393. The molecule has 0 aromatic rings. The molecule has 0 aliphatic carbocycles. The third-order valence-corrected chi connectivity index (χ3v) is 1.81. The van der Waals surface area contributed by atoms with Gasteiger partial charge in [-0.15, -0.1) is 0 Å². The van der Waals surface area contributed by atoms with Crippen LogP contribution in [0.15, 0.2) is 0 Å². The summed E-state index contributed by atoms with van der Waals surface area (Å²) >= 11 is 0. The normalized spacial score (nSPS) is 11.5. The molecule has 0 bridgehead atoms. The van der Waals surface area contributed by atoms with Crippen LogP contribution in [-0.4, -0.2) is 45.5 Å². The fourth-order valence-corrected chi connectivity index (χ4v) is 0.668. The minimum absolute atomic E-state index is 0. The van der Waals surface area contributed by atoms with Crippen LogP contribution >= 0.6 is 0 Å². The summed E-state index contributed by atoms with van der Waals surface area (Å²) in [4.78, 5) is 10.3. The third kappa shape index (κ3) is 5.91. The van der Waals surface area contributed by atoms with Gasteiger partial charge in [-0.2, -0.15) is 21.6 Å². The van der Waals surface area contributed by atoms with E-state index in [1.165, 1.54) is 0 Å². The van der Waals surface area contributed by atoms with Gasteiger partial charge in [0.1, 0.15) is 0 Å². The molecule has 0 saturated heterocycles. The summed E-state index contributed by atoms with van der Waals surface area (Å²) in [5.41, 5.74) is -5.63. The van der Waals surface area contributed by atoms with Crippen molar-refractivity contribution in [3.8, 4) is 0 Å². The molecule has 0 spiro atoms. The van der Waals surface area contributed by atoms with Crippen LogP contribution in [0.1, 0.15) is 13.3 Å². The maximum atomic E-state index is 11.6. The Kier molecular flexibility index (Phi) is 7.09. The van der Waals surface area contributed by atoms with E-state index in [0.717, 1.165) is 0 Å². The molecule has 0 rings (SSSR count). The first kappa shape index (κ1) is 17.0. The zero-order chi connectivity index (χ0) is 11.4. The zero-order valence-corrected chi connectivity index (χ0v) is 7.81. The molecule has 0 saturated carbocycles. The van der Waals surface area contributed by atoms with E-state index in [0.29, 0.717) is 6.42 Å². The monoisotopic (exact) mass is 244 g/mol. The van der Waals surface area contributed by atoms with Gasteiger partial charge in [0.15, 0.2) is 0 Å². The van der Waals surface area contributed by atoms with E-state index >= 15 is 0 Å². The van der Waals surface area contributed by atoms with E-state index in [2.05, 4.69) is 8.92 Å². The molecule has 0 radical (unpaired) electrons. The number of halogens is 3. The van der Waals surface area contributed by atoms with Crippen LogP contribution in [0.25, 0.3) is 0 Å². The average molecular weight is 244 g/mol. The number of alkyl halides is 3. The van der Waals surface area contributed by atoms with Crippen molar-refractivity contribution in [2.45, 2.75) is 18.9 Å². The first-order valence-corrected chi connectivity index (χ1v) is 4.79. The summed E-state index contributed by atoms with van der Waals surface area (Å²) in [7, 11) is -5.90. The fourth-order valence-electron chi connectivity index (χ4n) is 0.346. The van der Waals surface area contributed by atoms with Gasteiger partial charge in [-0.1, -0.05) is 6.92 Å². The minimum atomic E-state index is -5.90. The summed E-state index contributed by atoms with van der Waals surface area (Å²) in [6, 6.07) is 0. The SMILES string of the molecule is CCCOC(=O)OS(=O)(=O)C(F)(F)F.[LiH]. The Bertz CT molecular complexity index is 298. The second kappa shape index (κ2) is 6.25. The molecule has 0 atom stereocenters. The summed E-state index contributed by atoms with van der Waals surface area (Å²) in [6.07, 6.45) is -1.55. The van der Waals surface area contributed by atoms with Gasteiger partial charge in [0.2, 0.25) is 0 Å². The maximum absolute atomic E-state index is 11.6. The summed E-state index contributed by atoms with van der Waals surface area (Å²) in [5.74, 6) is 0. The number of hydrogen-bond acceptors (Lipinski definition) is 5. The van der Waals surface area contributed by atoms with Crippen LogP contribution in [0.4, 0.5) is 18.0 Å². The number of carbonyl (C=O) groups excluding carboxylic acids is 1. The van der Waals surface area contributed by atoms with Crippen molar-refractivity contribution < 1.29 is 35.3 Å². The van der Waals surface area contributed by atoms with Crippen LogP contribution in [-0.2, 0) is 19.0 Å².